The van der Waals surface area contributed by atoms with Crippen LogP contribution in [0.2, 0.25) is 5.02 Å². The van der Waals surface area contributed by atoms with Crippen LogP contribution >= 0.6 is 11.6 Å². The van der Waals surface area contributed by atoms with Gasteiger partial charge in [-0.05, 0) is 73.5 Å². The zero-order valence-corrected chi connectivity index (χ0v) is 25.6. The second-order valence-electron chi connectivity index (χ2n) is 9.35. The Hall–Kier alpha value is -4.54. The Balaban J connectivity index is 1.52. The van der Waals surface area contributed by atoms with Crippen molar-refractivity contribution in [3.63, 3.8) is 0 Å². The molecule has 0 saturated carbocycles. The summed E-state index contributed by atoms with van der Waals surface area (Å²) in [5.74, 6) is 0.646. The first-order valence-electron chi connectivity index (χ1n) is 13.4. The maximum absolute atomic E-state index is 13.7. The first kappa shape index (κ1) is 31.4. The van der Waals surface area contributed by atoms with E-state index in [1.54, 1.807) is 36.4 Å². The Bertz CT molecular complexity index is 1680. The van der Waals surface area contributed by atoms with Crippen molar-refractivity contribution in [1.29, 1.82) is 0 Å². The number of nitrogens with one attached hydrogen (secondary N) is 1. The number of hydrazone groups is 1. The van der Waals surface area contributed by atoms with Gasteiger partial charge in [-0.15, -0.1) is 0 Å². The number of anilines is 1. The molecule has 4 aromatic rings. The molecule has 0 aliphatic rings. The summed E-state index contributed by atoms with van der Waals surface area (Å²) < 4.78 is 45.4. The van der Waals surface area contributed by atoms with Crippen LogP contribution in [0, 0.1) is 6.92 Å². The Morgan fingerprint density at radius 1 is 0.930 bits per heavy atom. The topological polar surface area (TPSA) is 107 Å². The molecule has 43 heavy (non-hydrogen) atoms. The predicted molar refractivity (Wildman–Crippen MR) is 168 cm³/mol. The van der Waals surface area contributed by atoms with E-state index in [1.165, 1.54) is 37.6 Å². The highest BCUT2D eigenvalue weighted by Gasteiger charge is 2.29. The molecule has 0 bridgehead atoms. The van der Waals surface area contributed by atoms with Crippen LogP contribution in [0.25, 0.3) is 0 Å². The van der Waals surface area contributed by atoms with Crippen LogP contribution in [0.3, 0.4) is 0 Å². The summed E-state index contributed by atoms with van der Waals surface area (Å²) in [6.45, 7) is 3.94. The second-order valence-corrected chi connectivity index (χ2v) is 11.6. The molecule has 0 fully saturated rings. The molecule has 4 rings (SSSR count). The van der Waals surface area contributed by atoms with E-state index in [-0.39, 0.29) is 21.4 Å². The summed E-state index contributed by atoms with van der Waals surface area (Å²) in [6, 6.07) is 25.9. The zero-order valence-electron chi connectivity index (χ0n) is 24.0. The third-order valence-electron chi connectivity index (χ3n) is 6.21. The van der Waals surface area contributed by atoms with Crippen LogP contribution < -0.4 is 23.9 Å². The lowest BCUT2D eigenvalue weighted by atomic mass is 10.2. The van der Waals surface area contributed by atoms with Crippen molar-refractivity contribution in [2.45, 2.75) is 25.3 Å². The molecule has 0 atom stereocenters. The highest BCUT2D eigenvalue weighted by Crippen LogP contribution is 2.35. The van der Waals surface area contributed by atoms with Gasteiger partial charge in [0.2, 0.25) is 0 Å². The molecule has 224 valence electrons. The molecule has 1 amide bonds. The van der Waals surface area contributed by atoms with Gasteiger partial charge in [-0.1, -0.05) is 59.6 Å². The predicted octanol–water partition coefficient (Wildman–Crippen LogP) is 5.98. The highest BCUT2D eigenvalue weighted by molar-refractivity contribution is 7.92. The number of aryl methyl sites for hydroxylation is 1. The molecule has 0 unspecified atom stereocenters. The van der Waals surface area contributed by atoms with Gasteiger partial charge in [0.05, 0.1) is 30.5 Å². The largest absolute Gasteiger partial charge is 0.495 e. The van der Waals surface area contributed by atoms with Crippen LogP contribution in [-0.2, 0) is 21.4 Å². The number of carbonyl (C=O) groups is 1. The fourth-order valence-corrected chi connectivity index (χ4v) is 5.66. The third-order valence-corrected chi connectivity index (χ3v) is 8.22. The lowest BCUT2D eigenvalue weighted by Crippen LogP contribution is -2.39. The number of hydrogen-bond acceptors (Lipinski definition) is 7. The molecule has 0 spiro atoms. The Morgan fingerprint density at radius 3 is 2.35 bits per heavy atom. The number of benzene rings is 4. The van der Waals surface area contributed by atoms with Crippen LogP contribution in [0.1, 0.15) is 23.6 Å². The number of nitrogens with zero attached hydrogens (tertiary/aromatic N) is 2. The van der Waals surface area contributed by atoms with Gasteiger partial charge >= 0.3 is 0 Å². The summed E-state index contributed by atoms with van der Waals surface area (Å²) in [7, 11) is -2.78. The van der Waals surface area contributed by atoms with E-state index in [1.807, 2.05) is 44.2 Å². The summed E-state index contributed by atoms with van der Waals surface area (Å²) in [5, 5.41) is 4.32. The number of amides is 1. The molecule has 0 heterocycles. The highest BCUT2D eigenvalue weighted by atomic mass is 35.5. The Morgan fingerprint density at radius 2 is 1.65 bits per heavy atom. The van der Waals surface area contributed by atoms with Gasteiger partial charge in [-0.2, -0.15) is 5.10 Å². The van der Waals surface area contributed by atoms with Crippen molar-refractivity contribution in [2.75, 3.05) is 24.6 Å². The van der Waals surface area contributed by atoms with E-state index in [0.717, 1.165) is 15.4 Å². The van der Waals surface area contributed by atoms with Crippen LogP contribution in [0.5, 0.6) is 17.2 Å². The monoisotopic (exact) mass is 621 g/mol. The molecule has 0 aliphatic heterocycles. The molecule has 1 N–H and O–H groups in total. The van der Waals surface area contributed by atoms with Gasteiger partial charge < -0.3 is 14.2 Å². The second kappa shape index (κ2) is 14.6. The first-order valence-corrected chi connectivity index (χ1v) is 15.2. The van der Waals surface area contributed by atoms with Crippen molar-refractivity contribution >= 4 is 39.4 Å². The average Bonchev–Trinajstić information content (AvgIpc) is 3.00. The molecule has 0 saturated heterocycles. The minimum Gasteiger partial charge on any atom is -0.495 e. The molecule has 4 aromatic carbocycles. The first-order chi connectivity index (χ1) is 20.7. The molecule has 0 aromatic heterocycles. The SMILES string of the molecule is CCOc1cc(/C=N\NC(=O)CN(c2cc(Cl)ccc2OC)S(=O)(=O)c2ccc(C)cc2)ccc1OCc1ccccc1. The molecule has 0 radical (unpaired) electrons. The fourth-order valence-electron chi connectivity index (χ4n) is 4.07. The summed E-state index contributed by atoms with van der Waals surface area (Å²) in [5.41, 5.74) is 5.07. The average molecular weight is 622 g/mol. The van der Waals surface area contributed by atoms with E-state index in [0.29, 0.717) is 30.3 Å². The molecule has 9 nitrogen and oxygen atoms in total. The molecular weight excluding hydrogens is 590 g/mol. The van der Waals surface area contributed by atoms with Gasteiger partial charge in [0.1, 0.15) is 18.9 Å². The number of rotatable bonds is 13. The number of halogens is 1. The van der Waals surface area contributed by atoms with E-state index in [9.17, 15) is 13.2 Å². The molecular formula is C32H32ClN3O6S. The van der Waals surface area contributed by atoms with E-state index in [4.69, 9.17) is 25.8 Å². The van der Waals surface area contributed by atoms with Gasteiger partial charge in [-0.3, -0.25) is 9.10 Å². The summed E-state index contributed by atoms with van der Waals surface area (Å²) >= 11 is 6.20. The number of carbonyl (C=O) groups excluding carboxylic acids is 1. The maximum Gasteiger partial charge on any atom is 0.264 e. The van der Waals surface area contributed by atoms with Crippen molar-refractivity contribution in [3.05, 3.63) is 113 Å². The summed E-state index contributed by atoms with van der Waals surface area (Å²) in [4.78, 5) is 13.0. The van der Waals surface area contributed by atoms with Crippen molar-refractivity contribution < 1.29 is 27.4 Å². The number of ether oxygens (including phenoxy) is 3. The van der Waals surface area contributed by atoms with Crippen molar-refractivity contribution in [3.8, 4) is 17.2 Å². The van der Waals surface area contributed by atoms with Gasteiger partial charge in [-0.25, -0.2) is 13.8 Å². The number of hydrogen-bond donors (Lipinski definition) is 1. The standard InChI is InChI=1S/C32H32ClN3O6S/c1-4-41-31-18-25(12-16-30(31)42-22-24-8-6-5-7-9-24)20-34-35-32(37)21-36(28-19-26(33)13-17-29(28)40-3)43(38,39)27-14-10-23(2)11-15-27/h5-20H,4,21-22H2,1-3H3,(H,35,37)/b34-20-. The van der Waals surface area contributed by atoms with E-state index in [2.05, 4.69) is 10.5 Å². The van der Waals surface area contributed by atoms with Crippen LogP contribution in [0.15, 0.2) is 101 Å². The minimum absolute atomic E-state index is 0.00876. The Kier molecular flexibility index (Phi) is 10.6. The fraction of sp³-hybridized carbons (Fsp3) is 0.188. The lowest BCUT2D eigenvalue weighted by Gasteiger charge is -2.25. The van der Waals surface area contributed by atoms with Gasteiger partial charge in [0, 0.05) is 5.02 Å². The Labute approximate surface area is 256 Å². The lowest BCUT2D eigenvalue weighted by molar-refractivity contribution is -0.119. The normalized spacial score (nSPS) is 11.3. The van der Waals surface area contributed by atoms with E-state index < -0.39 is 22.5 Å². The van der Waals surface area contributed by atoms with Crippen molar-refractivity contribution in [1.82, 2.24) is 5.43 Å². The minimum atomic E-state index is -4.18. The van der Waals surface area contributed by atoms with Crippen LogP contribution in [0.4, 0.5) is 5.69 Å². The van der Waals surface area contributed by atoms with Crippen molar-refractivity contribution in [2.24, 2.45) is 5.10 Å². The number of sulfonamides is 1. The quantitative estimate of drug-likeness (QED) is 0.145. The number of methoxy groups -OCH3 is 1. The maximum atomic E-state index is 13.7. The third kappa shape index (κ3) is 8.27. The van der Waals surface area contributed by atoms with Crippen LogP contribution in [-0.4, -0.2) is 40.8 Å². The van der Waals surface area contributed by atoms with Gasteiger partial charge in [0.25, 0.3) is 15.9 Å². The van der Waals surface area contributed by atoms with Gasteiger partial charge in [0.15, 0.2) is 11.5 Å². The van der Waals surface area contributed by atoms with E-state index >= 15 is 0 Å². The molecule has 0 aliphatic carbocycles. The zero-order chi connectivity index (χ0) is 30.8. The smallest absolute Gasteiger partial charge is 0.264 e. The summed E-state index contributed by atoms with van der Waals surface area (Å²) in [6.07, 6.45) is 1.43. The molecule has 11 heteroatoms.